The van der Waals surface area contributed by atoms with E-state index in [9.17, 15) is 4.79 Å². The Balaban J connectivity index is 2.33. The Bertz CT molecular complexity index is 399. The van der Waals surface area contributed by atoms with Crippen molar-refractivity contribution in [1.82, 2.24) is 0 Å². The number of Topliss-reactive ketones (excluding diaryl/α,β-unsaturated/α-hetero) is 1. The summed E-state index contributed by atoms with van der Waals surface area (Å²) in [5.41, 5.74) is 0.853. The highest BCUT2D eigenvalue weighted by Gasteiger charge is 2.26. The van der Waals surface area contributed by atoms with Crippen LogP contribution in [0.25, 0.3) is 0 Å². The Morgan fingerprint density at radius 1 is 1.31 bits per heavy atom. The number of carbonyl (C=O) groups is 1. The highest BCUT2D eigenvalue weighted by Crippen LogP contribution is 2.36. The monoisotopic (exact) mass is 257 g/mol. The maximum absolute atomic E-state index is 11.3. The number of hydrogen-bond acceptors (Lipinski definition) is 2. The predicted molar refractivity (Wildman–Crippen MR) is 67.5 cm³/mol. The second-order valence-corrected chi connectivity index (χ2v) is 4.92. The van der Waals surface area contributed by atoms with Crippen LogP contribution in [0.15, 0.2) is 18.2 Å². The van der Waals surface area contributed by atoms with Crippen LogP contribution in [0.5, 0.6) is 0 Å². The van der Waals surface area contributed by atoms with Crippen molar-refractivity contribution in [3.05, 3.63) is 28.2 Å². The fourth-order valence-corrected chi connectivity index (χ4v) is 2.72. The lowest BCUT2D eigenvalue weighted by Crippen LogP contribution is -2.41. The number of para-hydroxylation sites is 1. The van der Waals surface area contributed by atoms with Gasteiger partial charge in [-0.25, -0.2) is 0 Å². The maximum Gasteiger partial charge on any atom is 0.136 e. The molecule has 2 nitrogen and oxygen atoms in total. The number of ketones is 1. The molecular formula is C12H13Cl2NO. The SMILES string of the molecule is CC1CC(=O)CCN1c1c(Cl)cccc1Cl. The van der Waals surface area contributed by atoms with Crippen LogP contribution in [-0.2, 0) is 4.79 Å². The van der Waals surface area contributed by atoms with Gasteiger partial charge < -0.3 is 4.90 Å². The van der Waals surface area contributed by atoms with Crippen molar-refractivity contribution in [3.63, 3.8) is 0 Å². The summed E-state index contributed by atoms with van der Waals surface area (Å²) in [6.07, 6.45) is 1.15. The molecule has 0 amide bonds. The molecule has 1 aromatic carbocycles. The molecule has 0 spiro atoms. The van der Waals surface area contributed by atoms with E-state index in [0.717, 1.165) is 5.69 Å². The molecule has 0 aliphatic carbocycles. The molecule has 0 saturated carbocycles. The van der Waals surface area contributed by atoms with Crippen molar-refractivity contribution in [1.29, 1.82) is 0 Å². The van der Waals surface area contributed by atoms with Crippen LogP contribution in [-0.4, -0.2) is 18.4 Å². The Kier molecular flexibility index (Phi) is 3.41. The lowest BCUT2D eigenvalue weighted by molar-refractivity contribution is -0.120. The lowest BCUT2D eigenvalue weighted by atomic mass is 10.0. The first-order valence-electron chi connectivity index (χ1n) is 5.32. The molecule has 1 saturated heterocycles. The number of piperidine rings is 1. The minimum absolute atomic E-state index is 0.165. The molecule has 1 heterocycles. The molecule has 86 valence electrons. The number of carbonyl (C=O) groups excluding carboxylic acids is 1. The number of halogens is 2. The van der Waals surface area contributed by atoms with E-state index in [1.807, 2.05) is 25.1 Å². The van der Waals surface area contributed by atoms with E-state index < -0.39 is 0 Å². The normalized spacial score (nSPS) is 21.3. The first kappa shape index (κ1) is 11.7. The highest BCUT2D eigenvalue weighted by atomic mass is 35.5. The van der Waals surface area contributed by atoms with Crippen LogP contribution in [0.2, 0.25) is 10.0 Å². The van der Waals surface area contributed by atoms with E-state index in [1.165, 1.54) is 0 Å². The summed E-state index contributed by atoms with van der Waals surface area (Å²) in [5.74, 6) is 0.312. The van der Waals surface area contributed by atoms with Crippen LogP contribution >= 0.6 is 23.2 Å². The Hall–Kier alpha value is -0.730. The highest BCUT2D eigenvalue weighted by molar-refractivity contribution is 6.39. The van der Waals surface area contributed by atoms with Gasteiger partial charge in [0.25, 0.3) is 0 Å². The molecule has 0 bridgehead atoms. The van der Waals surface area contributed by atoms with Crippen molar-refractivity contribution in [2.75, 3.05) is 11.4 Å². The number of rotatable bonds is 1. The molecule has 1 aliphatic heterocycles. The zero-order valence-electron chi connectivity index (χ0n) is 9.04. The number of anilines is 1. The summed E-state index contributed by atoms with van der Waals surface area (Å²) in [5, 5.41) is 1.29. The van der Waals surface area contributed by atoms with Crippen molar-refractivity contribution in [2.24, 2.45) is 0 Å². The van der Waals surface area contributed by atoms with Gasteiger partial charge >= 0.3 is 0 Å². The quantitative estimate of drug-likeness (QED) is 0.767. The van der Waals surface area contributed by atoms with Gasteiger partial charge in [0.15, 0.2) is 0 Å². The molecule has 1 unspecified atom stereocenters. The minimum Gasteiger partial charge on any atom is -0.366 e. The van der Waals surface area contributed by atoms with E-state index in [2.05, 4.69) is 4.90 Å². The summed E-state index contributed by atoms with van der Waals surface area (Å²) in [6.45, 7) is 2.72. The third-order valence-corrected chi connectivity index (χ3v) is 3.52. The average molecular weight is 258 g/mol. The molecule has 1 aromatic rings. The Labute approximate surface area is 105 Å². The molecule has 4 heteroatoms. The van der Waals surface area contributed by atoms with Gasteiger partial charge in [-0.3, -0.25) is 4.79 Å². The summed E-state index contributed by atoms with van der Waals surface area (Å²) in [4.78, 5) is 13.4. The number of benzene rings is 1. The number of hydrogen-bond donors (Lipinski definition) is 0. The molecule has 1 fully saturated rings. The zero-order chi connectivity index (χ0) is 11.7. The standard InChI is InChI=1S/C12H13Cl2NO/c1-8-7-9(16)5-6-15(8)12-10(13)3-2-4-11(12)14/h2-4,8H,5-7H2,1H3. The molecule has 2 rings (SSSR count). The predicted octanol–water partition coefficient (Wildman–Crippen LogP) is 3.55. The van der Waals surface area contributed by atoms with Crippen LogP contribution in [0.4, 0.5) is 5.69 Å². The van der Waals surface area contributed by atoms with E-state index in [4.69, 9.17) is 23.2 Å². The third kappa shape index (κ3) is 2.18. The summed E-state index contributed by atoms with van der Waals surface area (Å²) >= 11 is 12.3. The van der Waals surface area contributed by atoms with Gasteiger partial charge in [0, 0.05) is 25.4 Å². The van der Waals surface area contributed by atoms with Crippen molar-refractivity contribution >= 4 is 34.7 Å². The fraction of sp³-hybridized carbons (Fsp3) is 0.417. The second-order valence-electron chi connectivity index (χ2n) is 4.11. The van der Waals surface area contributed by atoms with E-state index in [0.29, 0.717) is 35.2 Å². The van der Waals surface area contributed by atoms with Gasteiger partial charge in [-0.05, 0) is 19.1 Å². The topological polar surface area (TPSA) is 20.3 Å². The largest absolute Gasteiger partial charge is 0.366 e. The molecule has 1 atom stereocenters. The lowest BCUT2D eigenvalue weighted by Gasteiger charge is -2.35. The van der Waals surface area contributed by atoms with E-state index in [-0.39, 0.29) is 6.04 Å². The van der Waals surface area contributed by atoms with Crippen molar-refractivity contribution in [3.8, 4) is 0 Å². The van der Waals surface area contributed by atoms with Crippen molar-refractivity contribution < 1.29 is 4.79 Å². The summed E-state index contributed by atoms with van der Waals surface area (Å²) in [7, 11) is 0. The first-order chi connectivity index (χ1) is 7.59. The molecule has 0 radical (unpaired) electrons. The fourth-order valence-electron chi connectivity index (χ4n) is 2.10. The van der Waals surface area contributed by atoms with E-state index >= 15 is 0 Å². The Morgan fingerprint density at radius 2 is 1.94 bits per heavy atom. The zero-order valence-corrected chi connectivity index (χ0v) is 10.6. The van der Waals surface area contributed by atoms with Gasteiger partial charge in [-0.15, -0.1) is 0 Å². The smallest absolute Gasteiger partial charge is 0.136 e. The van der Waals surface area contributed by atoms with Crippen LogP contribution in [0.3, 0.4) is 0 Å². The van der Waals surface area contributed by atoms with Crippen LogP contribution < -0.4 is 4.90 Å². The van der Waals surface area contributed by atoms with Crippen LogP contribution in [0.1, 0.15) is 19.8 Å². The molecular weight excluding hydrogens is 245 g/mol. The minimum atomic E-state index is 0.165. The Morgan fingerprint density at radius 3 is 2.50 bits per heavy atom. The van der Waals surface area contributed by atoms with Crippen molar-refractivity contribution in [2.45, 2.75) is 25.8 Å². The molecule has 16 heavy (non-hydrogen) atoms. The summed E-state index contributed by atoms with van der Waals surface area (Å²) in [6, 6.07) is 5.64. The molecule has 0 N–H and O–H groups in total. The van der Waals surface area contributed by atoms with Gasteiger partial charge in [-0.2, -0.15) is 0 Å². The molecule has 1 aliphatic rings. The first-order valence-corrected chi connectivity index (χ1v) is 6.07. The second kappa shape index (κ2) is 4.64. The van der Waals surface area contributed by atoms with Gasteiger partial charge in [0.2, 0.25) is 0 Å². The third-order valence-electron chi connectivity index (χ3n) is 2.91. The van der Waals surface area contributed by atoms with Gasteiger partial charge in [-0.1, -0.05) is 29.3 Å². The van der Waals surface area contributed by atoms with Gasteiger partial charge in [0.05, 0.1) is 15.7 Å². The van der Waals surface area contributed by atoms with Gasteiger partial charge in [0.1, 0.15) is 5.78 Å². The maximum atomic E-state index is 11.3. The number of nitrogens with zero attached hydrogens (tertiary/aromatic N) is 1. The van der Waals surface area contributed by atoms with E-state index in [1.54, 1.807) is 0 Å². The van der Waals surface area contributed by atoms with Crippen LogP contribution in [0, 0.1) is 0 Å². The average Bonchev–Trinajstić information content (AvgIpc) is 2.20. The summed E-state index contributed by atoms with van der Waals surface area (Å²) < 4.78 is 0. The molecule has 0 aromatic heterocycles.